The van der Waals surface area contributed by atoms with Gasteiger partial charge in [-0.3, -0.25) is 0 Å². The molecule has 0 saturated carbocycles. The van der Waals surface area contributed by atoms with Crippen molar-refractivity contribution in [3.05, 3.63) is 64.6 Å². The molecule has 4 rings (SSSR count). The van der Waals surface area contributed by atoms with Gasteiger partial charge in [-0.15, -0.1) is 0 Å². The highest BCUT2D eigenvalue weighted by atomic mass is 79.9. The smallest absolute Gasteiger partial charge is 0.127 e. The zero-order chi connectivity index (χ0) is 16.5. The zero-order valence-electron chi connectivity index (χ0n) is 13.7. The summed E-state index contributed by atoms with van der Waals surface area (Å²) >= 11 is 3.53. The molecule has 0 spiro atoms. The third kappa shape index (κ3) is 2.98. The Morgan fingerprint density at radius 1 is 1.12 bits per heavy atom. The molecule has 1 aliphatic rings. The van der Waals surface area contributed by atoms with Crippen LogP contribution in [0.2, 0.25) is 0 Å². The molecule has 4 heteroatoms. The quantitative estimate of drug-likeness (QED) is 0.645. The number of nitrogens with zero attached hydrogens (tertiary/aromatic N) is 2. The van der Waals surface area contributed by atoms with Crippen molar-refractivity contribution in [3.63, 3.8) is 0 Å². The van der Waals surface area contributed by atoms with E-state index in [1.54, 1.807) is 0 Å². The van der Waals surface area contributed by atoms with Crippen molar-refractivity contribution in [2.75, 3.05) is 23.8 Å². The van der Waals surface area contributed by atoms with Crippen LogP contribution >= 0.6 is 15.9 Å². The first kappa shape index (κ1) is 15.5. The molecule has 3 nitrogen and oxygen atoms in total. The average Bonchev–Trinajstić information content (AvgIpc) is 2.75. The molecular formula is C20H20BrN3. The van der Waals surface area contributed by atoms with E-state index in [0.29, 0.717) is 6.04 Å². The van der Waals surface area contributed by atoms with Crippen molar-refractivity contribution < 1.29 is 0 Å². The molecule has 1 N–H and O–H groups in total. The molecule has 0 amide bonds. The molecule has 3 aromatic rings. The van der Waals surface area contributed by atoms with Crippen LogP contribution in [0.15, 0.2) is 59.1 Å². The molecule has 2 aromatic carbocycles. The number of nitrogens with one attached hydrogen (secondary N) is 1. The average molecular weight is 382 g/mol. The van der Waals surface area contributed by atoms with Crippen LogP contribution in [0.4, 0.5) is 11.5 Å². The van der Waals surface area contributed by atoms with Crippen LogP contribution < -0.4 is 10.2 Å². The highest BCUT2D eigenvalue weighted by Crippen LogP contribution is 2.34. The number of pyridine rings is 1. The molecule has 1 atom stereocenters. The van der Waals surface area contributed by atoms with Crippen molar-refractivity contribution in [3.8, 4) is 0 Å². The van der Waals surface area contributed by atoms with Crippen molar-refractivity contribution in [1.82, 2.24) is 4.98 Å². The molecule has 2 heterocycles. The van der Waals surface area contributed by atoms with Gasteiger partial charge in [-0.05, 0) is 48.7 Å². The van der Waals surface area contributed by atoms with E-state index in [1.807, 2.05) is 0 Å². The fourth-order valence-electron chi connectivity index (χ4n) is 3.44. The maximum Gasteiger partial charge on any atom is 0.127 e. The minimum atomic E-state index is 0.295. The Morgan fingerprint density at radius 2 is 1.96 bits per heavy atom. The highest BCUT2D eigenvalue weighted by molar-refractivity contribution is 9.10. The van der Waals surface area contributed by atoms with Gasteiger partial charge in [0.2, 0.25) is 0 Å². The number of hydrogen-bond acceptors (Lipinski definition) is 3. The summed E-state index contributed by atoms with van der Waals surface area (Å²) in [4.78, 5) is 7.15. The Hall–Kier alpha value is -2.07. The summed E-state index contributed by atoms with van der Waals surface area (Å²) in [5.41, 5.74) is 3.68. The van der Waals surface area contributed by atoms with Crippen LogP contribution in [0.5, 0.6) is 0 Å². The SMILES string of the molecule is CN1CCCC(Nc2ccc3ccc(Br)cc3n2)c2ccccc21. The summed E-state index contributed by atoms with van der Waals surface area (Å²) in [7, 11) is 2.17. The lowest BCUT2D eigenvalue weighted by Gasteiger charge is -2.22. The number of aromatic nitrogens is 1. The van der Waals surface area contributed by atoms with Gasteiger partial charge in [0.1, 0.15) is 5.82 Å². The zero-order valence-corrected chi connectivity index (χ0v) is 15.3. The van der Waals surface area contributed by atoms with Gasteiger partial charge >= 0.3 is 0 Å². The Kier molecular flexibility index (Phi) is 4.15. The normalized spacial score (nSPS) is 17.4. The van der Waals surface area contributed by atoms with Gasteiger partial charge in [0, 0.05) is 29.1 Å². The molecule has 0 aliphatic carbocycles. The number of para-hydroxylation sites is 1. The number of benzene rings is 2. The first-order chi connectivity index (χ1) is 11.7. The van der Waals surface area contributed by atoms with E-state index in [0.717, 1.165) is 34.2 Å². The van der Waals surface area contributed by atoms with E-state index in [2.05, 4.69) is 87.8 Å². The summed E-state index contributed by atoms with van der Waals surface area (Å²) in [6, 6.07) is 19.4. The van der Waals surface area contributed by atoms with Crippen LogP contribution in [-0.4, -0.2) is 18.6 Å². The van der Waals surface area contributed by atoms with Crippen LogP contribution in [0.1, 0.15) is 24.4 Å². The molecule has 24 heavy (non-hydrogen) atoms. The fraction of sp³-hybridized carbons (Fsp3) is 0.250. The van der Waals surface area contributed by atoms with Gasteiger partial charge in [0.25, 0.3) is 0 Å². The highest BCUT2D eigenvalue weighted by Gasteiger charge is 2.21. The van der Waals surface area contributed by atoms with Gasteiger partial charge in [-0.25, -0.2) is 4.98 Å². The van der Waals surface area contributed by atoms with E-state index in [4.69, 9.17) is 4.98 Å². The summed E-state index contributed by atoms with van der Waals surface area (Å²) in [5, 5.41) is 4.81. The topological polar surface area (TPSA) is 28.2 Å². The molecule has 1 aromatic heterocycles. The number of halogens is 1. The number of anilines is 2. The molecular weight excluding hydrogens is 362 g/mol. The summed E-state index contributed by atoms with van der Waals surface area (Å²) in [6.45, 7) is 1.09. The second kappa shape index (κ2) is 6.44. The van der Waals surface area contributed by atoms with Gasteiger partial charge in [-0.1, -0.05) is 40.2 Å². The van der Waals surface area contributed by atoms with Crippen molar-refractivity contribution in [2.45, 2.75) is 18.9 Å². The second-order valence-electron chi connectivity index (χ2n) is 6.35. The lowest BCUT2D eigenvalue weighted by molar-refractivity contribution is 0.665. The molecule has 1 aliphatic heterocycles. The summed E-state index contributed by atoms with van der Waals surface area (Å²) < 4.78 is 1.06. The number of hydrogen-bond donors (Lipinski definition) is 1. The molecule has 0 radical (unpaired) electrons. The fourth-order valence-corrected chi connectivity index (χ4v) is 3.79. The number of rotatable bonds is 2. The summed E-state index contributed by atoms with van der Waals surface area (Å²) in [5.74, 6) is 0.935. The van der Waals surface area contributed by atoms with E-state index < -0.39 is 0 Å². The van der Waals surface area contributed by atoms with Gasteiger partial charge in [-0.2, -0.15) is 0 Å². The lowest BCUT2D eigenvalue weighted by Crippen LogP contribution is -2.17. The van der Waals surface area contributed by atoms with Gasteiger partial charge in [0.15, 0.2) is 0 Å². The lowest BCUT2D eigenvalue weighted by atomic mass is 10.0. The molecule has 122 valence electrons. The Labute approximate surface area is 150 Å². The van der Waals surface area contributed by atoms with Crippen molar-refractivity contribution in [2.24, 2.45) is 0 Å². The van der Waals surface area contributed by atoms with Crippen LogP contribution in [0.3, 0.4) is 0 Å². The Bertz CT molecular complexity index is 878. The third-order valence-electron chi connectivity index (χ3n) is 4.69. The minimum absolute atomic E-state index is 0.295. The first-order valence-corrected chi connectivity index (χ1v) is 9.13. The second-order valence-corrected chi connectivity index (χ2v) is 7.27. The molecule has 0 bridgehead atoms. The first-order valence-electron chi connectivity index (χ1n) is 8.33. The van der Waals surface area contributed by atoms with E-state index in [1.165, 1.54) is 17.7 Å². The maximum absolute atomic E-state index is 4.80. The monoisotopic (exact) mass is 381 g/mol. The van der Waals surface area contributed by atoms with E-state index in [9.17, 15) is 0 Å². The standard InChI is InChI=1S/C20H20BrN3/c1-24-12-4-6-17(16-5-2-3-7-19(16)24)22-20-11-9-14-8-10-15(21)13-18(14)23-20/h2-3,5,7-11,13,17H,4,6,12H2,1H3,(H,22,23). The van der Waals surface area contributed by atoms with Crippen molar-refractivity contribution >= 4 is 38.3 Å². The third-order valence-corrected chi connectivity index (χ3v) is 5.18. The van der Waals surface area contributed by atoms with Gasteiger partial charge < -0.3 is 10.2 Å². The predicted molar refractivity (Wildman–Crippen MR) is 105 cm³/mol. The van der Waals surface area contributed by atoms with Crippen molar-refractivity contribution in [1.29, 1.82) is 0 Å². The number of fused-ring (bicyclic) bond motifs is 2. The van der Waals surface area contributed by atoms with E-state index in [-0.39, 0.29) is 0 Å². The van der Waals surface area contributed by atoms with E-state index >= 15 is 0 Å². The van der Waals surface area contributed by atoms with Gasteiger partial charge in [0.05, 0.1) is 11.6 Å². The Morgan fingerprint density at radius 3 is 2.88 bits per heavy atom. The largest absolute Gasteiger partial charge is 0.374 e. The van der Waals surface area contributed by atoms with Crippen LogP contribution in [0, 0.1) is 0 Å². The minimum Gasteiger partial charge on any atom is -0.374 e. The molecule has 0 saturated heterocycles. The Balaban J connectivity index is 1.68. The predicted octanol–water partition coefficient (Wildman–Crippen LogP) is 5.38. The van der Waals surface area contributed by atoms with Crippen LogP contribution in [0.25, 0.3) is 10.9 Å². The van der Waals surface area contributed by atoms with Crippen LogP contribution in [-0.2, 0) is 0 Å². The molecule has 0 fully saturated rings. The summed E-state index contributed by atoms with van der Waals surface area (Å²) in [6.07, 6.45) is 2.28. The molecule has 1 unspecified atom stereocenters. The maximum atomic E-state index is 4.80.